The molecule has 1 atom stereocenters. The molecule has 3 heterocycles. The third-order valence-corrected chi connectivity index (χ3v) is 6.48. The molecule has 0 fully saturated rings. The molecule has 4 rings (SSSR count). The van der Waals surface area contributed by atoms with Gasteiger partial charge in [-0.05, 0) is 31.2 Å². The lowest BCUT2D eigenvalue weighted by Gasteiger charge is -2.29. The van der Waals surface area contributed by atoms with Gasteiger partial charge in [-0.2, -0.15) is 0 Å². The summed E-state index contributed by atoms with van der Waals surface area (Å²) in [6.45, 7) is 1.95. The molecular formula is C17H17N4O4P. The van der Waals surface area contributed by atoms with Gasteiger partial charge in [0.1, 0.15) is 16.6 Å². The number of para-hydroxylation sites is 1. The molecule has 1 aromatic carbocycles. The summed E-state index contributed by atoms with van der Waals surface area (Å²) < 4.78 is 21.7. The number of hydrogen-bond donors (Lipinski definition) is 2. The summed E-state index contributed by atoms with van der Waals surface area (Å²) in [6, 6.07) is 10.3. The lowest BCUT2D eigenvalue weighted by molar-refractivity contribution is 0.336. The maximum atomic E-state index is 13.4. The Kier molecular flexibility index (Phi) is 3.75. The summed E-state index contributed by atoms with van der Waals surface area (Å²) >= 11 is 0. The number of aromatic nitrogens is 2. The molecule has 0 saturated carbocycles. The normalized spacial score (nSPS) is 21.2. The fourth-order valence-electron chi connectivity index (χ4n) is 3.13. The number of aryl methyl sites for hydroxylation is 1. The van der Waals surface area contributed by atoms with Crippen LogP contribution in [0.5, 0.6) is 0 Å². The van der Waals surface area contributed by atoms with Crippen LogP contribution in [0.15, 0.2) is 52.2 Å². The third-order valence-electron chi connectivity index (χ3n) is 4.32. The summed E-state index contributed by atoms with van der Waals surface area (Å²) in [4.78, 5) is 25.7. The van der Waals surface area contributed by atoms with Gasteiger partial charge in [0.2, 0.25) is 5.43 Å². The van der Waals surface area contributed by atoms with Gasteiger partial charge in [-0.25, -0.2) is 4.68 Å². The van der Waals surface area contributed by atoms with E-state index in [0.717, 1.165) is 0 Å². The van der Waals surface area contributed by atoms with Crippen LogP contribution in [0.2, 0.25) is 0 Å². The van der Waals surface area contributed by atoms with Crippen LogP contribution in [0.4, 0.5) is 5.69 Å². The van der Waals surface area contributed by atoms with Crippen molar-refractivity contribution in [3.05, 3.63) is 68.4 Å². The summed E-state index contributed by atoms with van der Waals surface area (Å²) in [5.41, 5.74) is -0.0651. The monoisotopic (exact) mass is 372 g/mol. The van der Waals surface area contributed by atoms with Crippen molar-refractivity contribution in [3.8, 4) is 0 Å². The summed E-state index contributed by atoms with van der Waals surface area (Å²) in [5, 5.41) is 6.18. The SMILES string of the molecule is CCOP1(=O)N/C(=c2\c(=O)c3cccn3n(C)c2=O)Nc2ccccc21. The van der Waals surface area contributed by atoms with E-state index in [1.807, 2.05) is 0 Å². The number of rotatable bonds is 2. The van der Waals surface area contributed by atoms with Crippen molar-refractivity contribution in [1.29, 1.82) is 0 Å². The second-order valence-corrected chi connectivity index (χ2v) is 7.94. The molecule has 3 aromatic rings. The first-order valence-corrected chi connectivity index (χ1v) is 9.73. The molecule has 2 aromatic heterocycles. The van der Waals surface area contributed by atoms with Crippen LogP contribution in [0.25, 0.3) is 11.3 Å². The van der Waals surface area contributed by atoms with Crippen molar-refractivity contribution in [2.24, 2.45) is 7.05 Å². The molecule has 8 nitrogen and oxygen atoms in total. The highest BCUT2D eigenvalue weighted by Crippen LogP contribution is 2.47. The minimum absolute atomic E-state index is 0.0924. The van der Waals surface area contributed by atoms with Crippen LogP contribution in [-0.2, 0) is 16.1 Å². The number of benzene rings is 1. The van der Waals surface area contributed by atoms with Gasteiger partial charge in [-0.3, -0.25) is 23.8 Å². The van der Waals surface area contributed by atoms with E-state index < -0.39 is 18.5 Å². The quantitative estimate of drug-likeness (QED) is 0.631. The molecule has 1 aliphatic rings. The van der Waals surface area contributed by atoms with Gasteiger partial charge in [0, 0.05) is 13.2 Å². The van der Waals surface area contributed by atoms with Gasteiger partial charge < -0.3 is 9.84 Å². The molecule has 26 heavy (non-hydrogen) atoms. The Morgan fingerprint density at radius 2 is 1.92 bits per heavy atom. The number of nitrogens with one attached hydrogen (secondary N) is 2. The van der Waals surface area contributed by atoms with Gasteiger partial charge in [0.25, 0.3) is 5.56 Å². The second-order valence-electron chi connectivity index (χ2n) is 5.87. The average Bonchev–Trinajstić information content (AvgIpc) is 3.10. The smallest absolute Gasteiger partial charge is 0.327 e. The predicted octanol–water partition coefficient (Wildman–Crippen LogP) is 0.353. The highest BCUT2D eigenvalue weighted by atomic mass is 31.2. The molecule has 0 amide bonds. The third kappa shape index (κ3) is 2.30. The topological polar surface area (TPSA) is 93.8 Å². The standard InChI is InChI=1S/C17H17N4O4P/c1-3-25-26(24)13-9-5-4-7-11(13)18-16(19-26)14-15(22)12-8-6-10-21(12)20(2)17(14)23/h4-10,18H,3H2,1-2H3,(H,19,24)/b16-14+. The Morgan fingerprint density at radius 1 is 1.15 bits per heavy atom. The molecule has 1 aliphatic heterocycles. The first-order chi connectivity index (χ1) is 12.5. The fourth-order valence-corrected chi connectivity index (χ4v) is 5.01. The number of nitrogens with zero attached hydrogens (tertiary/aromatic N) is 2. The van der Waals surface area contributed by atoms with Crippen LogP contribution in [0.3, 0.4) is 0 Å². The molecular weight excluding hydrogens is 355 g/mol. The van der Waals surface area contributed by atoms with Crippen molar-refractivity contribution < 1.29 is 9.09 Å². The number of fused-ring (bicyclic) bond motifs is 2. The zero-order valence-corrected chi connectivity index (χ0v) is 15.1. The van der Waals surface area contributed by atoms with E-state index in [-0.39, 0.29) is 17.6 Å². The zero-order chi connectivity index (χ0) is 18.5. The van der Waals surface area contributed by atoms with E-state index in [9.17, 15) is 14.2 Å². The van der Waals surface area contributed by atoms with E-state index in [4.69, 9.17) is 4.52 Å². The molecule has 0 bridgehead atoms. The van der Waals surface area contributed by atoms with Crippen molar-refractivity contribution in [1.82, 2.24) is 14.3 Å². The Hall–Kier alpha value is -2.83. The molecule has 0 spiro atoms. The Balaban J connectivity index is 2.09. The van der Waals surface area contributed by atoms with Gasteiger partial charge in [-0.1, -0.05) is 12.1 Å². The van der Waals surface area contributed by atoms with Crippen molar-refractivity contribution in [3.63, 3.8) is 0 Å². The lowest BCUT2D eigenvalue weighted by Crippen LogP contribution is -2.51. The maximum absolute atomic E-state index is 13.4. The van der Waals surface area contributed by atoms with Crippen LogP contribution in [-0.4, -0.2) is 15.8 Å². The highest BCUT2D eigenvalue weighted by molar-refractivity contribution is 7.66. The van der Waals surface area contributed by atoms with Gasteiger partial charge in [0.05, 0.1) is 17.6 Å². The number of anilines is 1. The Labute approximate surface area is 148 Å². The van der Waals surface area contributed by atoms with Gasteiger partial charge in [0.15, 0.2) is 0 Å². The van der Waals surface area contributed by atoms with Crippen LogP contribution < -0.4 is 31.9 Å². The minimum Gasteiger partial charge on any atom is -0.340 e. The molecule has 0 radical (unpaired) electrons. The van der Waals surface area contributed by atoms with E-state index in [2.05, 4.69) is 10.4 Å². The average molecular weight is 372 g/mol. The van der Waals surface area contributed by atoms with E-state index in [1.54, 1.807) is 56.6 Å². The molecule has 1 unspecified atom stereocenters. The van der Waals surface area contributed by atoms with Crippen LogP contribution >= 0.6 is 7.52 Å². The van der Waals surface area contributed by atoms with Gasteiger partial charge in [-0.15, -0.1) is 0 Å². The lowest BCUT2D eigenvalue weighted by atomic mass is 10.3. The largest absolute Gasteiger partial charge is 0.340 e. The van der Waals surface area contributed by atoms with Crippen LogP contribution in [0, 0.1) is 0 Å². The molecule has 134 valence electrons. The first kappa shape index (κ1) is 16.6. The predicted molar refractivity (Wildman–Crippen MR) is 99.6 cm³/mol. The van der Waals surface area contributed by atoms with Crippen molar-refractivity contribution in [2.45, 2.75) is 6.92 Å². The van der Waals surface area contributed by atoms with Gasteiger partial charge >= 0.3 is 7.52 Å². The molecule has 9 heteroatoms. The summed E-state index contributed by atoms with van der Waals surface area (Å²) in [7, 11) is -1.90. The molecule has 0 aliphatic carbocycles. The number of hydrogen-bond acceptors (Lipinski definition) is 5. The zero-order valence-electron chi connectivity index (χ0n) is 14.2. The second kappa shape index (κ2) is 5.86. The fraction of sp³-hybridized carbons (Fsp3) is 0.176. The van der Waals surface area contributed by atoms with E-state index in [0.29, 0.717) is 16.5 Å². The Morgan fingerprint density at radius 3 is 2.69 bits per heavy atom. The molecule has 2 N–H and O–H groups in total. The Bertz CT molecular complexity index is 1240. The van der Waals surface area contributed by atoms with Crippen molar-refractivity contribution >= 4 is 29.8 Å². The van der Waals surface area contributed by atoms with Crippen molar-refractivity contribution in [2.75, 3.05) is 11.9 Å². The summed E-state index contributed by atoms with van der Waals surface area (Å²) in [5.74, 6) is 0.0924. The van der Waals surface area contributed by atoms with Crippen LogP contribution in [0.1, 0.15) is 6.92 Å². The van der Waals surface area contributed by atoms with E-state index in [1.165, 1.54) is 9.20 Å². The maximum Gasteiger partial charge on any atom is 0.327 e. The highest BCUT2D eigenvalue weighted by Gasteiger charge is 2.34. The minimum atomic E-state index is -3.47. The molecule has 0 saturated heterocycles. The summed E-state index contributed by atoms with van der Waals surface area (Å²) in [6.07, 6.45) is 1.63. The van der Waals surface area contributed by atoms with E-state index >= 15 is 0 Å². The first-order valence-electron chi connectivity index (χ1n) is 8.10.